The van der Waals surface area contributed by atoms with Crippen molar-refractivity contribution in [2.75, 3.05) is 0 Å². The highest BCUT2D eigenvalue weighted by molar-refractivity contribution is 6.07. The minimum atomic E-state index is -0.489. The Morgan fingerprint density at radius 1 is 0.375 bits per heavy atom. The third-order valence-corrected chi connectivity index (χ3v) is 12.0. The summed E-state index contributed by atoms with van der Waals surface area (Å²) in [4.78, 5) is 9.88. The van der Waals surface area contributed by atoms with E-state index in [9.17, 15) is 0 Å². The number of aromatic nitrogens is 2. The summed E-state index contributed by atoms with van der Waals surface area (Å²) < 4.78 is 6.55. The van der Waals surface area contributed by atoms with Crippen LogP contribution in [0.3, 0.4) is 0 Å². The molecule has 1 spiro atoms. The summed E-state index contributed by atoms with van der Waals surface area (Å²) in [5.41, 5.74) is 15.6. The van der Waals surface area contributed by atoms with E-state index in [0.29, 0.717) is 0 Å². The van der Waals surface area contributed by atoms with E-state index >= 15 is 0 Å². The molecule has 3 nitrogen and oxygen atoms in total. The van der Waals surface area contributed by atoms with Crippen molar-refractivity contribution in [3.8, 4) is 56.1 Å². The monoisotopic (exact) mass is 712 g/mol. The normalized spacial score (nSPS) is 13.3. The Kier molecular flexibility index (Phi) is 6.55. The summed E-state index contributed by atoms with van der Waals surface area (Å²) in [6.07, 6.45) is 1.84. The molecule has 0 saturated carbocycles. The Bertz CT molecular complexity index is 3190. The van der Waals surface area contributed by atoms with Gasteiger partial charge in [-0.05, 0) is 85.6 Å². The number of hydrogen-bond donors (Lipinski definition) is 0. The van der Waals surface area contributed by atoms with Crippen LogP contribution in [0.1, 0.15) is 22.3 Å². The number of pyridine rings is 2. The van der Waals surface area contributed by atoms with Gasteiger partial charge in [0.15, 0.2) is 0 Å². The first-order chi connectivity index (χ1) is 27.8. The molecular formula is C53H32N2O. The Morgan fingerprint density at radius 3 is 1.73 bits per heavy atom. The highest BCUT2D eigenvalue weighted by Crippen LogP contribution is 2.62. The van der Waals surface area contributed by atoms with Crippen LogP contribution in [0.4, 0.5) is 0 Å². The molecule has 2 aromatic heterocycles. The van der Waals surface area contributed by atoms with Gasteiger partial charge in [-0.25, -0.2) is 4.98 Å². The maximum Gasteiger partial charge on any atom is 0.132 e. The van der Waals surface area contributed by atoms with Gasteiger partial charge in [0.1, 0.15) is 11.5 Å². The molecule has 260 valence electrons. The van der Waals surface area contributed by atoms with Crippen molar-refractivity contribution < 1.29 is 4.74 Å². The number of para-hydroxylation sites is 2. The molecule has 3 heteroatoms. The van der Waals surface area contributed by atoms with E-state index in [4.69, 9.17) is 9.72 Å². The van der Waals surface area contributed by atoms with Crippen LogP contribution in [-0.4, -0.2) is 9.97 Å². The van der Waals surface area contributed by atoms with Crippen molar-refractivity contribution in [1.29, 1.82) is 0 Å². The SMILES string of the molecule is c1ccc2c(c1)Oc1ccccc1C21c2ccccc2-c2ccc(-c3ccc(-c4ccc(-c5ccc6ccc7cccnc7c6n5)c5ccccc45)cc3)cc21. The van der Waals surface area contributed by atoms with Gasteiger partial charge in [-0.1, -0.05) is 158 Å². The lowest BCUT2D eigenvalue weighted by Crippen LogP contribution is -2.32. The van der Waals surface area contributed by atoms with Crippen molar-refractivity contribution in [2.24, 2.45) is 0 Å². The van der Waals surface area contributed by atoms with Gasteiger partial charge in [-0.15, -0.1) is 0 Å². The smallest absolute Gasteiger partial charge is 0.132 e. The van der Waals surface area contributed by atoms with Crippen LogP contribution in [0.15, 0.2) is 194 Å². The van der Waals surface area contributed by atoms with Crippen molar-refractivity contribution in [3.63, 3.8) is 0 Å². The number of hydrogen-bond acceptors (Lipinski definition) is 3. The molecule has 8 aromatic carbocycles. The molecular weight excluding hydrogens is 681 g/mol. The Hall–Kier alpha value is -7.36. The van der Waals surface area contributed by atoms with Gasteiger partial charge >= 0.3 is 0 Å². The topological polar surface area (TPSA) is 35.0 Å². The Balaban J connectivity index is 0.968. The van der Waals surface area contributed by atoms with Crippen molar-refractivity contribution in [1.82, 2.24) is 9.97 Å². The lowest BCUT2D eigenvalue weighted by atomic mass is 9.66. The molecule has 3 heterocycles. The molecule has 0 bridgehead atoms. The van der Waals surface area contributed by atoms with Gasteiger partial charge in [-0.3, -0.25) is 4.98 Å². The highest BCUT2D eigenvalue weighted by atomic mass is 16.5. The molecule has 12 rings (SSSR count). The summed E-state index contributed by atoms with van der Waals surface area (Å²) in [6.45, 7) is 0. The molecule has 0 radical (unpaired) electrons. The lowest BCUT2D eigenvalue weighted by molar-refractivity contribution is 0.436. The predicted octanol–water partition coefficient (Wildman–Crippen LogP) is 13.4. The van der Waals surface area contributed by atoms with E-state index in [1.54, 1.807) is 0 Å². The number of fused-ring (bicyclic) bond motifs is 13. The zero-order valence-corrected chi connectivity index (χ0v) is 30.3. The highest BCUT2D eigenvalue weighted by Gasteiger charge is 2.51. The first-order valence-corrected chi connectivity index (χ1v) is 19.1. The molecule has 0 saturated heterocycles. The van der Waals surface area contributed by atoms with E-state index in [1.807, 2.05) is 12.3 Å². The third kappa shape index (κ3) is 4.34. The summed E-state index contributed by atoms with van der Waals surface area (Å²) in [5, 5.41) is 4.56. The summed E-state index contributed by atoms with van der Waals surface area (Å²) in [5.74, 6) is 1.81. The zero-order valence-electron chi connectivity index (χ0n) is 30.3. The van der Waals surface area contributed by atoms with Crippen LogP contribution in [0.25, 0.3) is 77.2 Å². The van der Waals surface area contributed by atoms with Gasteiger partial charge in [0, 0.05) is 33.7 Å². The molecule has 0 atom stereocenters. The molecule has 56 heavy (non-hydrogen) atoms. The summed E-state index contributed by atoms with van der Waals surface area (Å²) >= 11 is 0. The molecule has 1 aliphatic carbocycles. The second kappa shape index (κ2) is 11.8. The Morgan fingerprint density at radius 2 is 0.946 bits per heavy atom. The second-order valence-electron chi connectivity index (χ2n) is 14.8. The number of rotatable bonds is 3. The quantitative estimate of drug-likeness (QED) is 0.171. The van der Waals surface area contributed by atoms with Gasteiger partial charge in [0.05, 0.1) is 22.1 Å². The zero-order chi connectivity index (χ0) is 36.8. The lowest BCUT2D eigenvalue weighted by Gasteiger charge is -2.39. The van der Waals surface area contributed by atoms with Crippen LogP contribution >= 0.6 is 0 Å². The average molecular weight is 713 g/mol. The molecule has 1 aliphatic heterocycles. The third-order valence-electron chi connectivity index (χ3n) is 12.0. The van der Waals surface area contributed by atoms with Crippen LogP contribution in [-0.2, 0) is 5.41 Å². The minimum Gasteiger partial charge on any atom is -0.457 e. The molecule has 10 aromatic rings. The van der Waals surface area contributed by atoms with Gasteiger partial charge in [0.2, 0.25) is 0 Å². The molecule has 0 fully saturated rings. The van der Waals surface area contributed by atoms with Crippen LogP contribution in [0, 0.1) is 0 Å². The standard InChI is InChI=1S/C53H32N2O/c1-2-12-40-39(11-1)38(28-29-43(40)48-30-26-36-24-23-35-10-9-31-54-51(35)52(36)55-48)34-21-19-33(20-22-34)37-25-27-42-41-13-3-4-14-44(41)53(47(42)32-37)45-15-5-7-17-49(45)56-50-18-8-6-16-46(50)53/h1-32H. The average Bonchev–Trinajstić information content (AvgIpc) is 3.56. The summed E-state index contributed by atoms with van der Waals surface area (Å²) in [6, 6.07) is 67.8. The van der Waals surface area contributed by atoms with E-state index in [2.05, 4.69) is 187 Å². The first-order valence-electron chi connectivity index (χ1n) is 19.1. The van der Waals surface area contributed by atoms with Gasteiger partial charge < -0.3 is 4.74 Å². The largest absolute Gasteiger partial charge is 0.457 e. The fourth-order valence-electron chi connectivity index (χ4n) is 9.52. The number of nitrogens with zero attached hydrogens (tertiary/aromatic N) is 2. The van der Waals surface area contributed by atoms with E-state index in [1.165, 1.54) is 66.4 Å². The molecule has 0 unspecified atom stereocenters. The van der Waals surface area contributed by atoms with Crippen LogP contribution in [0.5, 0.6) is 11.5 Å². The molecule has 0 N–H and O–H groups in total. The second-order valence-corrected chi connectivity index (χ2v) is 14.8. The van der Waals surface area contributed by atoms with Crippen molar-refractivity contribution in [3.05, 3.63) is 217 Å². The van der Waals surface area contributed by atoms with Crippen LogP contribution < -0.4 is 4.74 Å². The molecule has 2 aliphatic rings. The van der Waals surface area contributed by atoms with Crippen molar-refractivity contribution in [2.45, 2.75) is 5.41 Å². The maximum absolute atomic E-state index is 6.55. The van der Waals surface area contributed by atoms with Gasteiger partial charge in [-0.2, -0.15) is 0 Å². The Labute approximate surface area is 324 Å². The first kappa shape index (κ1) is 31.0. The van der Waals surface area contributed by atoms with E-state index in [0.717, 1.165) is 44.6 Å². The maximum atomic E-state index is 6.55. The summed E-state index contributed by atoms with van der Waals surface area (Å²) in [7, 11) is 0. The fraction of sp³-hybridized carbons (Fsp3) is 0.0189. The predicted molar refractivity (Wildman–Crippen MR) is 228 cm³/mol. The number of benzene rings is 8. The minimum absolute atomic E-state index is 0.489. The van der Waals surface area contributed by atoms with E-state index < -0.39 is 5.41 Å². The molecule has 0 amide bonds. The van der Waals surface area contributed by atoms with E-state index in [-0.39, 0.29) is 0 Å². The van der Waals surface area contributed by atoms with Crippen molar-refractivity contribution >= 4 is 32.6 Å². The van der Waals surface area contributed by atoms with Crippen LogP contribution in [0.2, 0.25) is 0 Å². The number of ether oxygens (including phenoxy) is 1. The van der Waals surface area contributed by atoms with Gasteiger partial charge in [0.25, 0.3) is 0 Å². The fourth-order valence-corrected chi connectivity index (χ4v) is 9.52.